The Hall–Kier alpha value is -2.41. The van der Waals surface area contributed by atoms with Crippen molar-refractivity contribution >= 4 is 33.5 Å². The van der Waals surface area contributed by atoms with Crippen LogP contribution in [0.5, 0.6) is 0 Å². The Kier molecular flexibility index (Phi) is 5.11. The average Bonchev–Trinajstić information content (AvgIpc) is 2.49. The second-order valence-electron chi connectivity index (χ2n) is 4.50. The van der Waals surface area contributed by atoms with E-state index in [-0.39, 0.29) is 5.69 Å². The van der Waals surface area contributed by atoms with Gasteiger partial charge in [0.25, 0.3) is 5.91 Å². The zero-order valence-electron chi connectivity index (χ0n) is 11.7. The van der Waals surface area contributed by atoms with Gasteiger partial charge >= 0.3 is 11.7 Å². The summed E-state index contributed by atoms with van der Waals surface area (Å²) in [6.45, 7) is 1.45. The molecule has 0 aliphatic heterocycles. The number of hydrogen-bond donors (Lipinski definition) is 1. The summed E-state index contributed by atoms with van der Waals surface area (Å²) in [4.78, 5) is 23.4. The van der Waals surface area contributed by atoms with E-state index in [9.17, 15) is 14.8 Å². The monoisotopic (exact) mass is 364 g/mol. The van der Waals surface area contributed by atoms with Crippen molar-refractivity contribution in [2.24, 2.45) is 0 Å². The molecule has 2 aromatic rings. The number of hydrogen-bond acceptors (Lipinski definition) is 4. The fourth-order valence-corrected chi connectivity index (χ4v) is 2.04. The van der Waals surface area contributed by atoms with Crippen LogP contribution in [0.2, 0.25) is 0 Å². The van der Waals surface area contributed by atoms with E-state index in [2.05, 4.69) is 21.2 Å². The second kappa shape index (κ2) is 7.04. The maximum Gasteiger partial charge on any atom is 0.405 e. The fraction of sp³-hybridized carbons (Fsp3) is 0.133. The average molecular weight is 365 g/mol. The number of aryl methyl sites for hydroxylation is 1. The highest BCUT2D eigenvalue weighted by molar-refractivity contribution is 9.10. The minimum Gasteiger partial charge on any atom is -0.618 e. The van der Waals surface area contributed by atoms with Gasteiger partial charge in [0.2, 0.25) is 0 Å². The highest BCUT2D eigenvalue weighted by Gasteiger charge is 2.18. The van der Waals surface area contributed by atoms with Crippen molar-refractivity contribution in [3.8, 4) is 0 Å². The fourth-order valence-electron chi connectivity index (χ4n) is 1.66. The van der Waals surface area contributed by atoms with E-state index in [1.54, 1.807) is 12.1 Å². The highest BCUT2D eigenvalue weighted by Crippen LogP contribution is 2.20. The number of amides is 1. The van der Waals surface area contributed by atoms with Crippen LogP contribution in [0.3, 0.4) is 0 Å². The number of halogens is 1. The molecule has 1 aromatic heterocycles. The predicted molar refractivity (Wildman–Crippen MR) is 83.2 cm³/mol. The van der Waals surface area contributed by atoms with Gasteiger partial charge in [0.15, 0.2) is 12.8 Å². The first-order chi connectivity index (χ1) is 10.5. The summed E-state index contributed by atoms with van der Waals surface area (Å²) in [7, 11) is 0. The Morgan fingerprint density at radius 2 is 2.09 bits per heavy atom. The molecule has 0 aliphatic carbocycles. The Balaban J connectivity index is 1.91. The number of nitrogens with one attached hydrogen (secondary N) is 1. The van der Waals surface area contributed by atoms with Gasteiger partial charge < -0.3 is 15.3 Å². The van der Waals surface area contributed by atoms with Crippen molar-refractivity contribution in [1.82, 2.24) is 0 Å². The molecule has 0 spiro atoms. The Labute approximate surface area is 135 Å². The maximum absolute atomic E-state index is 11.7. The smallest absolute Gasteiger partial charge is 0.405 e. The lowest BCUT2D eigenvalue weighted by molar-refractivity contribution is -0.608. The molecule has 0 bridgehead atoms. The summed E-state index contributed by atoms with van der Waals surface area (Å²) in [6.07, 6.45) is 1.18. The molecule has 0 atom stereocenters. The minimum atomic E-state index is -0.851. The van der Waals surface area contributed by atoms with Gasteiger partial charge in [0, 0.05) is 22.3 Å². The number of anilines is 1. The predicted octanol–water partition coefficient (Wildman–Crippen LogP) is 2.19. The van der Waals surface area contributed by atoms with Crippen LogP contribution in [0.4, 0.5) is 5.69 Å². The van der Waals surface area contributed by atoms with Crippen LogP contribution in [-0.4, -0.2) is 18.5 Å². The number of carbonyl (C=O) groups is 2. The molecule has 6 nitrogen and oxygen atoms in total. The van der Waals surface area contributed by atoms with Crippen LogP contribution in [0.15, 0.2) is 47.1 Å². The summed E-state index contributed by atoms with van der Waals surface area (Å²) in [6, 6.07) is 9.68. The van der Waals surface area contributed by atoms with Crippen molar-refractivity contribution < 1.29 is 19.1 Å². The summed E-state index contributed by atoms with van der Waals surface area (Å²) in [5.41, 5.74) is 1.44. The van der Waals surface area contributed by atoms with Crippen LogP contribution in [-0.2, 0) is 9.53 Å². The third kappa shape index (κ3) is 4.05. The van der Waals surface area contributed by atoms with Crippen molar-refractivity contribution in [1.29, 1.82) is 0 Å². The molecule has 0 saturated heterocycles. The Bertz CT molecular complexity index is 718. The van der Waals surface area contributed by atoms with E-state index in [0.717, 1.165) is 10.0 Å². The third-order valence-electron chi connectivity index (χ3n) is 2.82. The van der Waals surface area contributed by atoms with Gasteiger partial charge in [-0.2, -0.15) is 4.73 Å². The molecule has 114 valence electrons. The lowest BCUT2D eigenvalue weighted by Crippen LogP contribution is -2.35. The van der Waals surface area contributed by atoms with E-state index in [4.69, 9.17) is 4.74 Å². The largest absolute Gasteiger partial charge is 0.618 e. The summed E-state index contributed by atoms with van der Waals surface area (Å²) < 4.78 is 6.06. The number of carbonyl (C=O) groups excluding carboxylic acids is 2. The van der Waals surface area contributed by atoms with Gasteiger partial charge in [-0.05, 0) is 30.7 Å². The highest BCUT2D eigenvalue weighted by atomic mass is 79.9. The third-order valence-corrected chi connectivity index (χ3v) is 3.68. The first-order valence-electron chi connectivity index (χ1n) is 6.38. The zero-order chi connectivity index (χ0) is 16.1. The summed E-state index contributed by atoms with van der Waals surface area (Å²) in [5.74, 6) is -1.34. The minimum absolute atomic E-state index is 0.173. The number of rotatable bonds is 4. The topological polar surface area (TPSA) is 82.3 Å². The lowest BCUT2D eigenvalue weighted by Gasteiger charge is -2.08. The van der Waals surface area contributed by atoms with E-state index in [1.165, 1.54) is 24.4 Å². The Morgan fingerprint density at radius 3 is 2.77 bits per heavy atom. The molecule has 0 aliphatic rings. The van der Waals surface area contributed by atoms with Gasteiger partial charge in [-0.3, -0.25) is 4.79 Å². The first kappa shape index (κ1) is 16.0. The van der Waals surface area contributed by atoms with E-state index in [1.807, 2.05) is 13.0 Å². The first-order valence-corrected chi connectivity index (χ1v) is 7.18. The van der Waals surface area contributed by atoms with Crippen LogP contribution < -0.4 is 10.0 Å². The van der Waals surface area contributed by atoms with Gasteiger partial charge in [-0.1, -0.05) is 22.0 Å². The van der Waals surface area contributed by atoms with Gasteiger partial charge in [-0.25, -0.2) is 4.79 Å². The van der Waals surface area contributed by atoms with E-state index < -0.39 is 18.5 Å². The summed E-state index contributed by atoms with van der Waals surface area (Å²) >= 11 is 3.36. The molecule has 1 aromatic carbocycles. The van der Waals surface area contributed by atoms with Crippen LogP contribution in [0, 0.1) is 12.1 Å². The normalized spacial score (nSPS) is 10.1. The van der Waals surface area contributed by atoms with Crippen molar-refractivity contribution in [3.05, 3.63) is 63.5 Å². The molecule has 1 N–H and O–H groups in total. The molecular formula is C15H13BrN2O4. The molecule has 0 fully saturated rings. The van der Waals surface area contributed by atoms with E-state index >= 15 is 0 Å². The molecule has 0 radical (unpaired) electrons. The van der Waals surface area contributed by atoms with Crippen molar-refractivity contribution in [2.45, 2.75) is 6.92 Å². The molecule has 1 heterocycles. The number of benzene rings is 1. The lowest BCUT2D eigenvalue weighted by atomic mass is 10.2. The molecule has 7 heteroatoms. The molecule has 0 saturated carbocycles. The number of ether oxygens (including phenoxy) is 1. The van der Waals surface area contributed by atoms with Crippen LogP contribution in [0.25, 0.3) is 0 Å². The summed E-state index contributed by atoms with van der Waals surface area (Å²) in [5, 5.41) is 14.0. The van der Waals surface area contributed by atoms with Gasteiger partial charge in [0.05, 0.1) is 0 Å². The van der Waals surface area contributed by atoms with E-state index in [0.29, 0.717) is 10.4 Å². The van der Waals surface area contributed by atoms with Crippen molar-refractivity contribution in [3.63, 3.8) is 0 Å². The number of nitrogens with zero attached hydrogens (tertiary/aromatic N) is 1. The van der Waals surface area contributed by atoms with Gasteiger partial charge in [-0.15, -0.1) is 0 Å². The van der Waals surface area contributed by atoms with Crippen LogP contribution >= 0.6 is 15.9 Å². The molecular weight excluding hydrogens is 352 g/mol. The van der Waals surface area contributed by atoms with Gasteiger partial charge in [0.1, 0.15) is 0 Å². The maximum atomic E-state index is 11.7. The Morgan fingerprint density at radius 1 is 1.32 bits per heavy atom. The second-order valence-corrected chi connectivity index (χ2v) is 5.35. The molecule has 0 unspecified atom stereocenters. The quantitative estimate of drug-likeness (QED) is 0.512. The SMILES string of the molecule is Cc1ccc(NC(=O)COC(=O)c2cccc[n+]2[O-])cc1Br. The number of aromatic nitrogens is 1. The van der Waals surface area contributed by atoms with Crippen LogP contribution in [0.1, 0.15) is 16.1 Å². The molecule has 1 amide bonds. The molecule has 2 rings (SSSR count). The number of pyridine rings is 1. The molecule has 22 heavy (non-hydrogen) atoms. The van der Waals surface area contributed by atoms with Crippen molar-refractivity contribution in [2.75, 3.05) is 11.9 Å². The number of esters is 1. The zero-order valence-corrected chi connectivity index (χ0v) is 13.3. The standard InChI is InChI=1S/C15H13BrN2O4/c1-10-5-6-11(8-12(10)16)17-14(19)9-22-15(20)13-4-2-3-7-18(13)21/h2-8H,9H2,1H3,(H,17,19).